The molecule has 5 nitrogen and oxygen atoms in total. The number of hydrogen-bond donors (Lipinski definition) is 0. The van der Waals surface area contributed by atoms with E-state index in [0.717, 1.165) is 55.3 Å². The molecule has 0 spiro atoms. The number of nitrogens with zero attached hydrogens (tertiary/aromatic N) is 5. The van der Waals surface area contributed by atoms with Crippen LogP contribution in [0.1, 0.15) is 0 Å². The monoisotopic (exact) mass is 789 g/mol. The second-order valence-corrected chi connectivity index (χ2v) is 16.1. The lowest BCUT2D eigenvalue weighted by atomic mass is 10.0. The standard InChI is InChI=1S/C57H35N5/c1-3-15-36(16-4-1)55-58-56(37-17-5-2-6-18-37)60-57(59-55)49-31-39-20-8-10-22-41(39)34-54(49)62-51-26-14-12-24-46(51)48-32-43-29-44(28-27-42(43)35-53(48)62)61-50-25-13-11-23-45(50)47-30-38-19-7-9-21-40(38)33-52(47)61/h1-35H. The fourth-order valence-electron chi connectivity index (χ4n) is 9.55. The molecule has 0 amide bonds. The molecule has 0 saturated heterocycles. The molecule has 0 aliphatic rings. The SMILES string of the molecule is c1ccc(-c2nc(-c3ccccc3)nc(-c3cc4ccccc4cc3-n3c4ccccc4c4cc5cc(-n6c7ccccc7c7cc8ccccc8cc76)ccc5cc43)n2)cc1. The molecule has 13 rings (SSSR count). The van der Waals surface area contributed by atoms with Gasteiger partial charge in [0.15, 0.2) is 17.5 Å². The predicted molar refractivity (Wildman–Crippen MR) is 257 cm³/mol. The molecule has 0 aliphatic carbocycles. The Morgan fingerprint density at radius 3 is 1.35 bits per heavy atom. The van der Waals surface area contributed by atoms with E-state index in [-0.39, 0.29) is 0 Å². The molecule has 0 radical (unpaired) electrons. The molecule has 288 valence electrons. The summed E-state index contributed by atoms with van der Waals surface area (Å²) >= 11 is 0. The first-order chi connectivity index (χ1) is 30.7. The van der Waals surface area contributed by atoms with Crippen LogP contribution in [0.2, 0.25) is 0 Å². The quantitative estimate of drug-likeness (QED) is 0.174. The molecule has 0 saturated carbocycles. The molecule has 0 N–H and O–H groups in total. The topological polar surface area (TPSA) is 48.5 Å². The van der Waals surface area contributed by atoms with Crippen molar-refractivity contribution in [1.29, 1.82) is 0 Å². The predicted octanol–water partition coefficient (Wildman–Crippen LogP) is 14.5. The first-order valence-corrected chi connectivity index (χ1v) is 21.0. The Morgan fingerprint density at radius 1 is 0.274 bits per heavy atom. The van der Waals surface area contributed by atoms with Crippen LogP contribution in [0.3, 0.4) is 0 Å². The maximum Gasteiger partial charge on any atom is 0.166 e. The van der Waals surface area contributed by atoms with E-state index in [1.165, 1.54) is 48.7 Å². The Balaban J connectivity index is 1.06. The van der Waals surface area contributed by atoms with Gasteiger partial charge in [0.05, 0.1) is 27.8 Å². The molecular weight excluding hydrogens is 755 g/mol. The van der Waals surface area contributed by atoms with Crippen molar-refractivity contribution in [3.63, 3.8) is 0 Å². The van der Waals surface area contributed by atoms with Gasteiger partial charge in [0, 0.05) is 43.9 Å². The summed E-state index contributed by atoms with van der Waals surface area (Å²) in [4.78, 5) is 15.5. The Labute approximate surface area is 356 Å². The van der Waals surface area contributed by atoms with Crippen LogP contribution in [0.4, 0.5) is 0 Å². The van der Waals surface area contributed by atoms with Crippen molar-refractivity contribution in [3.8, 4) is 45.5 Å². The molecular formula is C57H35N5. The van der Waals surface area contributed by atoms with Gasteiger partial charge in [0.2, 0.25) is 0 Å². The average Bonchev–Trinajstić information content (AvgIpc) is 3.83. The molecule has 0 bridgehead atoms. The number of hydrogen-bond acceptors (Lipinski definition) is 3. The van der Waals surface area contributed by atoms with Gasteiger partial charge in [-0.3, -0.25) is 0 Å². The zero-order valence-corrected chi connectivity index (χ0v) is 33.4. The highest BCUT2D eigenvalue weighted by Gasteiger charge is 2.21. The zero-order chi connectivity index (χ0) is 40.7. The lowest BCUT2D eigenvalue weighted by molar-refractivity contribution is 1.07. The van der Waals surface area contributed by atoms with Crippen LogP contribution in [0, 0.1) is 0 Å². The molecule has 3 aromatic heterocycles. The van der Waals surface area contributed by atoms with Crippen molar-refractivity contribution < 1.29 is 0 Å². The van der Waals surface area contributed by atoms with Gasteiger partial charge in [-0.05, 0) is 93.0 Å². The highest BCUT2D eigenvalue weighted by molar-refractivity contribution is 6.16. The van der Waals surface area contributed by atoms with Crippen molar-refractivity contribution in [2.45, 2.75) is 0 Å². The third kappa shape index (κ3) is 5.38. The lowest BCUT2D eigenvalue weighted by Gasteiger charge is -2.16. The highest BCUT2D eigenvalue weighted by atomic mass is 15.1. The fraction of sp³-hybridized carbons (Fsp3) is 0. The van der Waals surface area contributed by atoms with E-state index in [1.807, 2.05) is 36.4 Å². The van der Waals surface area contributed by atoms with E-state index in [2.05, 4.69) is 185 Å². The Kier molecular flexibility index (Phi) is 7.54. The molecule has 62 heavy (non-hydrogen) atoms. The highest BCUT2D eigenvalue weighted by Crippen LogP contribution is 2.41. The van der Waals surface area contributed by atoms with E-state index in [0.29, 0.717) is 17.5 Å². The summed E-state index contributed by atoms with van der Waals surface area (Å²) < 4.78 is 4.83. The summed E-state index contributed by atoms with van der Waals surface area (Å²) in [6.45, 7) is 0. The summed E-state index contributed by atoms with van der Waals surface area (Å²) in [6.07, 6.45) is 0. The van der Waals surface area contributed by atoms with Crippen LogP contribution >= 0.6 is 0 Å². The Morgan fingerprint density at radius 2 is 0.726 bits per heavy atom. The summed E-state index contributed by atoms with van der Waals surface area (Å²) in [5.41, 5.74) is 9.58. The van der Waals surface area contributed by atoms with Crippen LogP contribution in [-0.2, 0) is 0 Å². The molecule has 0 unspecified atom stereocenters. The van der Waals surface area contributed by atoms with Gasteiger partial charge in [0.25, 0.3) is 0 Å². The van der Waals surface area contributed by atoms with Crippen LogP contribution in [0.15, 0.2) is 212 Å². The van der Waals surface area contributed by atoms with Gasteiger partial charge < -0.3 is 9.13 Å². The van der Waals surface area contributed by atoms with Crippen molar-refractivity contribution in [3.05, 3.63) is 212 Å². The van der Waals surface area contributed by atoms with E-state index in [1.54, 1.807) is 0 Å². The van der Waals surface area contributed by atoms with Crippen LogP contribution < -0.4 is 0 Å². The van der Waals surface area contributed by atoms with Crippen LogP contribution in [-0.4, -0.2) is 24.1 Å². The molecule has 13 aromatic rings. The first-order valence-electron chi connectivity index (χ1n) is 21.0. The summed E-state index contributed by atoms with van der Waals surface area (Å²) in [5, 5.41) is 12.0. The van der Waals surface area contributed by atoms with E-state index in [9.17, 15) is 0 Å². The fourth-order valence-corrected chi connectivity index (χ4v) is 9.55. The van der Waals surface area contributed by atoms with Crippen molar-refractivity contribution in [2.24, 2.45) is 0 Å². The molecule has 0 aliphatic heterocycles. The summed E-state index contributed by atoms with van der Waals surface area (Å²) in [6, 6.07) is 75.9. The first kappa shape index (κ1) is 34.5. The van der Waals surface area contributed by atoms with Gasteiger partial charge >= 0.3 is 0 Å². The van der Waals surface area contributed by atoms with Gasteiger partial charge in [-0.15, -0.1) is 0 Å². The third-order valence-electron chi connectivity index (χ3n) is 12.5. The number of aromatic nitrogens is 5. The third-order valence-corrected chi connectivity index (χ3v) is 12.5. The maximum atomic E-state index is 5.24. The Bertz CT molecular complexity index is 3860. The van der Waals surface area contributed by atoms with E-state index in [4.69, 9.17) is 15.0 Å². The van der Waals surface area contributed by atoms with Crippen molar-refractivity contribution in [2.75, 3.05) is 0 Å². The van der Waals surface area contributed by atoms with E-state index < -0.39 is 0 Å². The maximum absolute atomic E-state index is 5.24. The molecule has 10 aromatic carbocycles. The van der Waals surface area contributed by atoms with Gasteiger partial charge in [-0.1, -0.05) is 152 Å². The minimum Gasteiger partial charge on any atom is -0.309 e. The summed E-state index contributed by atoms with van der Waals surface area (Å²) in [7, 11) is 0. The van der Waals surface area contributed by atoms with E-state index >= 15 is 0 Å². The van der Waals surface area contributed by atoms with Crippen molar-refractivity contribution in [1.82, 2.24) is 24.1 Å². The molecule has 0 atom stereocenters. The molecule has 5 heteroatoms. The summed E-state index contributed by atoms with van der Waals surface area (Å²) in [5.74, 6) is 1.89. The van der Waals surface area contributed by atoms with Crippen LogP contribution in [0.25, 0.3) is 121 Å². The Hall–Kier alpha value is -8.41. The smallest absolute Gasteiger partial charge is 0.166 e. The largest absolute Gasteiger partial charge is 0.309 e. The van der Waals surface area contributed by atoms with Gasteiger partial charge in [-0.2, -0.15) is 0 Å². The molecule has 3 heterocycles. The van der Waals surface area contributed by atoms with Crippen molar-refractivity contribution >= 4 is 75.9 Å². The minimum absolute atomic E-state index is 0.619. The minimum atomic E-state index is 0.619. The number of para-hydroxylation sites is 2. The van der Waals surface area contributed by atoms with Gasteiger partial charge in [-0.25, -0.2) is 15.0 Å². The normalized spacial score (nSPS) is 11.9. The molecule has 0 fully saturated rings. The lowest BCUT2D eigenvalue weighted by Crippen LogP contribution is -2.04. The number of rotatable bonds is 5. The van der Waals surface area contributed by atoms with Crippen LogP contribution in [0.5, 0.6) is 0 Å². The number of fused-ring (bicyclic) bond motifs is 9. The zero-order valence-electron chi connectivity index (χ0n) is 33.4. The number of benzene rings is 10. The second kappa shape index (κ2) is 13.6. The van der Waals surface area contributed by atoms with Gasteiger partial charge in [0.1, 0.15) is 0 Å². The average molecular weight is 790 g/mol. The second-order valence-electron chi connectivity index (χ2n) is 16.1.